The first kappa shape index (κ1) is 18.5. The van der Waals surface area contributed by atoms with Gasteiger partial charge in [-0.15, -0.1) is 0 Å². The Morgan fingerprint density at radius 3 is 2.60 bits per heavy atom. The van der Waals surface area contributed by atoms with Gasteiger partial charge in [0.25, 0.3) is 0 Å². The maximum absolute atomic E-state index is 11.3. The molecule has 2 bridgehead atoms. The number of carbonyl (C=O) groups is 1. The van der Waals surface area contributed by atoms with Crippen molar-refractivity contribution in [2.75, 3.05) is 6.61 Å². The SMILES string of the molecule is CCCCC(CC)COC1C2CCC(C2)C1C(=O)[O-].[Na+]. The molecule has 20 heavy (non-hydrogen) atoms. The maximum Gasteiger partial charge on any atom is 1.00 e. The minimum atomic E-state index is -0.890. The number of fused-ring (bicyclic) bond motifs is 2. The van der Waals surface area contributed by atoms with Crippen LogP contribution in [0.5, 0.6) is 0 Å². The van der Waals surface area contributed by atoms with Gasteiger partial charge in [-0.25, -0.2) is 0 Å². The van der Waals surface area contributed by atoms with Crippen molar-refractivity contribution in [2.24, 2.45) is 23.7 Å². The number of carboxylic acid groups (broad SMARTS) is 1. The normalized spacial score (nSPS) is 32.9. The van der Waals surface area contributed by atoms with Gasteiger partial charge in [0.05, 0.1) is 6.10 Å². The minimum Gasteiger partial charge on any atom is -0.550 e. The predicted molar refractivity (Wildman–Crippen MR) is 72.4 cm³/mol. The first-order valence-corrected chi connectivity index (χ1v) is 7.99. The zero-order chi connectivity index (χ0) is 13.8. The van der Waals surface area contributed by atoms with E-state index in [0.717, 1.165) is 32.3 Å². The van der Waals surface area contributed by atoms with E-state index in [1.165, 1.54) is 19.3 Å². The van der Waals surface area contributed by atoms with Crippen molar-refractivity contribution in [1.82, 2.24) is 0 Å². The molecule has 2 aliphatic carbocycles. The smallest absolute Gasteiger partial charge is 0.550 e. The number of carboxylic acids is 1. The van der Waals surface area contributed by atoms with Crippen LogP contribution in [0.2, 0.25) is 0 Å². The number of unbranched alkanes of at least 4 members (excludes halogenated alkanes) is 1. The monoisotopic (exact) mass is 290 g/mol. The van der Waals surface area contributed by atoms with Gasteiger partial charge in [0.1, 0.15) is 0 Å². The fourth-order valence-corrected chi connectivity index (χ4v) is 3.95. The fraction of sp³-hybridized carbons (Fsp3) is 0.938. The van der Waals surface area contributed by atoms with Gasteiger partial charge in [0, 0.05) is 18.5 Å². The number of ether oxygens (including phenoxy) is 1. The van der Waals surface area contributed by atoms with Crippen LogP contribution in [0.3, 0.4) is 0 Å². The summed E-state index contributed by atoms with van der Waals surface area (Å²) in [5.41, 5.74) is 0. The van der Waals surface area contributed by atoms with Crippen LogP contribution in [0.25, 0.3) is 0 Å². The van der Waals surface area contributed by atoms with Crippen LogP contribution >= 0.6 is 0 Å². The Hall–Kier alpha value is 0.430. The van der Waals surface area contributed by atoms with Crippen LogP contribution in [-0.2, 0) is 9.53 Å². The van der Waals surface area contributed by atoms with Gasteiger partial charge in [-0.05, 0) is 43.4 Å². The van der Waals surface area contributed by atoms with E-state index in [-0.39, 0.29) is 41.6 Å². The van der Waals surface area contributed by atoms with E-state index in [0.29, 0.717) is 17.8 Å². The third-order valence-electron chi connectivity index (χ3n) is 5.18. The minimum absolute atomic E-state index is 0. The number of hydrogen-bond acceptors (Lipinski definition) is 3. The number of rotatable bonds is 8. The van der Waals surface area contributed by atoms with E-state index in [9.17, 15) is 9.90 Å². The molecule has 2 saturated carbocycles. The Labute approximate surface area is 145 Å². The standard InChI is InChI=1S/C16H28O3.Na/c1-3-5-6-11(4-2)10-19-15-13-8-7-12(9-13)14(15)16(17)18;/h11-15H,3-10H2,1-2H3,(H,17,18);/q;+1/p-1. The first-order chi connectivity index (χ1) is 9.17. The molecule has 3 nitrogen and oxygen atoms in total. The number of carbonyl (C=O) groups excluding carboxylic acids is 1. The van der Waals surface area contributed by atoms with E-state index in [1.54, 1.807) is 0 Å². The van der Waals surface area contributed by atoms with Crippen molar-refractivity contribution in [1.29, 1.82) is 0 Å². The van der Waals surface area contributed by atoms with Crippen LogP contribution in [0, 0.1) is 23.7 Å². The van der Waals surface area contributed by atoms with Gasteiger partial charge in [-0.3, -0.25) is 0 Å². The molecule has 0 N–H and O–H groups in total. The zero-order valence-corrected chi connectivity index (χ0v) is 15.3. The Bertz CT molecular complexity index is 308. The number of aliphatic carboxylic acids is 1. The average Bonchev–Trinajstić information content (AvgIpc) is 2.99. The van der Waals surface area contributed by atoms with Crippen LogP contribution in [0.4, 0.5) is 0 Å². The second kappa shape index (κ2) is 8.77. The maximum atomic E-state index is 11.3. The summed E-state index contributed by atoms with van der Waals surface area (Å²) in [6.45, 7) is 5.13. The molecule has 5 unspecified atom stereocenters. The van der Waals surface area contributed by atoms with Crippen LogP contribution in [0.1, 0.15) is 58.8 Å². The van der Waals surface area contributed by atoms with Gasteiger partial charge < -0.3 is 14.6 Å². The Morgan fingerprint density at radius 1 is 1.30 bits per heavy atom. The molecule has 0 aromatic rings. The van der Waals surface area contributed by atoms with Gasteiger partial charge >= 0.3 is 29.6 Å². The average molecular weight is 290 g/mol. The molecule has 0 aromatic carbocycles. The van der Waals surface area contributed by atoms with Crippen LogP contribution < -0.4 is 34.7 Å². The molecule has 0 heterocycles. The van der Waals surface area contributed by atoms with Crippen molar-refractivity contribution in [3.05, 3.63) is 0 Å². The Kier molecular flexibility index (Phi) is 8.10. The molecule has 0 saturated heterocycles. The summed E-state index contributed by atoms with van der Waals surface area (Å²) in [7, 11) is 0. The predicted octanol–water partition coefficient (Wildman–Crippen LogP) is -0.612. The summed E-state index contributed by atoms with van der Waals surface area (Å²) in [6, 6.07) is 0. The van der Waals surface area contributed by atoms with Gasteiger partial charge in [-0.1, -0.05) is 33.1 Å². The van der Waals surface area contributed by atoms with Gasteiger partial charge in [0.2, 0.25) is 0 Å². The summed E-state index contributed by atoms with van der Waals surface area (Å²) in [5.74, 6) is 0.134. The summed E-state index contributed by atoms with van der Waals surface area (Å²) in [5, 5.41) is 11.3. The molecule has 0 spiro atoms. The van der Waals surface area contributed by atoms with Crippen LogP contribution in [-0.4, -0.2) is 18.7 Å². The topological polar surface area (TPSA) is 49.4 Å². The van der Waals surface area contributed by atoms with Crippen LogP contribution in [0.15, 0.2) is 0 Å². The third kappa shape index (κ3) is 4.22. The summed E-state index contributed by atoms with van der Waals surface area (Å²) >= 11 is 0. The molecular formula is C16H27NaO3. The second-order valence-corrected chi connectivity index (χ2v) is 6.39. The van der Waals surface area contributed by atoms with E-state index in [4.69, 9.17) is 4.74 Å². The van der Waals surface area contributed by atoms with Gasteiger partial charge in [0.15, 0.2) is 0 Å². The molecule has 0 aliphatic heterocycles. The molecular weight excluding hydrogens is 263 g/mol. The molecule has 0 amide bonds. The quantitative estimate of drug-likeness (QED) is 0.560. The Balaban J connectivity index is 0.00000200. The molecule has 4 heteroatoms. The summed E-state index contributed by atoms with van der Waals surface area (Å²) in [4.78, 5) is 11.3. The first-order valence-electron chi connectivity index (χ1n) is 7.99. The van der Waals surface area contributed by atoms with E-state index in [1.807, 2.05) is 0 Å². The van der Waals surface area contributed by atoms with Crippen molar-refractivity contribution >= 4 is 5.97 Å². The molecule has 5 atom stereocenters. The molecule has 0 aromatic heterocycles. The molecule has 2 rings (SSSR count). The van der Waals surface area contributed by atoms with Crippen molar-refractivity contribution in [2.45, 2.75) is 64.9 Å². The van der Waals surface area contributed by atoms with Crippen molar-refractivity contribution in [3.63, 3.8) is 0 Å². The second-order valence-electron chi connectivity index (χ2n) is 6.39. The van der Waals surface area contributed by atoms with E-state index in [2.05, 4.69) is 13.8 Å². The molecule has 110 valence electrons. The zero-order valence-electron chi connectivity index (χ0n) is 13.3. The fourth-order valence-electron chi connectivity index (χ4n) is 3.95. The van der Waals surface area contributed by atoms with Crippen molar-refractivity contribution < 1.29 is 44.2 Å². The summed E-state index contributed by atoms with van der Waals surface area (Å²) in [6.07, 6.45) is 7.94. The van der Waals surface area contributed by atoms with E-state index < -0.39 is 5.97 Å². The molecule has 2 aliphatic rings. The third-order valence-corrected chi connectivity index (χ3v) is 5.18. The Morgan fingerprint density at radius 2 is 2.00 bits per heavy atom. The number of hydrogen-bond donors (Lipinski definition) is 0. The van der Waals surface area contributed by atoms with Gasteiger partial charge in [-0.2, -0.15) is 0 Å². The largest absolute Gasteiger partial charge is 1.00 e. The van der Waals surface area contributed by atoms with Crippen molar-refractivity contribution in [3.8, 4) is 0 Å². The molecule has 2 fully saturated rings. The molecule has 0 radical (unpaired) electrons. The van der Waals surface area contributed by atoms with E-state index >= 15 is 0 Å². The summed E-state index contributed by atoms with van der Waals surface area (Å²) < 4.78 is 6.04.